The first-order valence-electron chi connectivity index (χ1n) is 14.0. The summed E-state index contributed by atoms with van der Waals surface area (Å²) in [6.45, 7) is 1.63. The number of aryl methyl sites for hydroxylation is 1. The van der Waals surface area contributed by atoms with Crippen molar-refractivity contribution in [3.05, 3.63) is 34.9 Å². The second-order valence-electron chi connectivity index (χ2n) is 12.1. The molecule has 1 unspecified atom stereocenters. The zero-order valence-electron chi connectivity index (χ0n) is 20.8. The van der Waals surface area contributed by atoms with Crippen LogP contribution >= 0.6 is 0 Å². The topological polar surface area (TPSA) is 78.5 Å². The number of nitrogens with one attached hydrogen (secondary N) is 2. The Morgan fingerprint density at radius 3 is 2.37 bits per heavy atom. The number of unbranched alkanes of at least 4 members (excludes halogenated alkanes) is 3. The van der Waals surface area contributed by atoms with E-state index in [9.17, 15) is 14.4 Å². The van der Waals surface area contributed by atoms with Gasteiger partial charge in [-0.25, -0.2) is 0 Å². The summed E-state index contributed by atoms with van der Waals surface area (Å²) < 4.78 is 0. The van der Waals surface area contributed by atoms with Crippen LogP contribution < -0.4 is 10.6 Å². The predicted molar refractivity (Wildman–Crippen MR) is 134 cm³/mol. The largest absolute Gasteiger partial charge is 0.322 e. The van der Waals surface area contributed by atoms with Crippen LogP contribution in [0.4, 0.5) is 0 Å². The SMILES string of the molecule is O=C1CCC(N2Cc3c(CCCCCCNC45CC6CC(CC(C6)C4)C5)cccc3C2=O)C(=O)N1. The number of fused-ring (bicyclic) bond motifs is 1. The summed E-state index contributed by atoms with van der Waals surface area (Å²) in [5.41, 5.74) is 3.51. The van der Waals surface area contributed by atoms with Crippen LogP contribution in [0.15, 0.2) is 18.2 Å². The number of carbonyl (C=O) groups is 3. The second kappa shape index (κ2) is 9.34. The number of amides is 3. The molecule has 6 aliphatic rings. The molecular weight excluding hydrogens is 438 g/mol. The number of imide groups is 1. The number of rotatable bonds is 9. The molecule has 2 N–H and O–H groups in total. The van der Waals surface area contributed by atoms with E-state index in [0.717, 1.165) is 48.3 Å². The molecule has 0 aromatic heterocycles. The van der Waals surface area contributed by atoms with Gasteiger partial charge in [-0.05, 0) is 106 Å². The lowest BCUT2D eigenvalue weighted by Gasteiger charge is -2.57. The van der Waals surface area contributed by atoms with Gasteiger partial charge in [-0.1, -0.05) is 25.0 Å². The van der Waals surface area contributed by atoms with Crippen LogP contribution in [0.25, 0.3) is 0 Å². The van der Waals surface area contributed by atoms with Crippen molar-refractivity contribution in [3.63, 3.8) is 0 Å². The molecule has 2 aliphatic heterocycles. The van der Waals surface area contributed by atoms with Gasteiger partial charge in [0, 0.05) is 24.1 Å². The first-order chi connectivity index (χ1) is 17.0. The summed E-state index contributed by atoms with van der Waals surface area (Å²) >= 11 is 0. The van der Waals surface area contributed by atoms with Gasteiger partial charge < -0.3 is 10.2 Å². The Balaban J connectivity index is 0.959. The van der Waals surface area contributed by atoms with E-state index in [4.69, 9.17) is 0 Å². The van der Waals surface area contributed by atoms with E-state index in [2.05, 4.69) is 16.7 Å². The zero-order chi connectivity index (χ0) is 24.0. The van der Waals surface area contributed by atoms with Gasteiger partial charge in [0.05, 0.1) is 0 Å². The van der Waals surface area contributed by atoms with E-state index in [1.807, 2.05) is 12.1 Å². The molecule has 188 valence electrons. The summed E-state index contributed by atoms with van der Waals surface area (Å²) in [6, 6.07) is 5.44. The van der Waals surface area contributed by atoms with Crippen molar-refractivity contribution in [2.45, 2.75) is 102 Å². The number of piperidine rings is 1. The average Bonchev–Trinajstić information content (AvgIpc) is 3.14. The lowest BCUT2D eigenvalue weighted by molar-refractivity contribution is -0.136. The Hall–Kier alpha value is -2.21. The van der Waals surface area contributed by atoms with Crippen LogP contribution in [0.2, 0.25) is 0 Å². The molecule has 6 nitrogen and oxygen atoms in total. The minimum absolute atomic E-state index is 0.0768. The molecule has 0 spiro atoms. The second-order valence-corrected chi connectivity index (χ2v) is 12.1. The molecule has 3 amide bonds. The molecule has 1 aromatic carbocycles. The molecule has 7 rings (SSSR count). The van der Waals surface area contributed by atoms with Crippen molar-refractivity contribution < 1.29 is 14.4 Å². The highest BCUT2D eigenvalue weighted by atomic mass is 16.2. The Labute approximate surface area is 208 Å². The molecule has 4 bridgehead atoms. The normalized spacial score (nSPS) is 33.4. The molecule has 2 heterocycles. The molecule has 5 fully saturated rings. The number of hydrogen-bond donors (Lipinski definition) is 2. The Morgan fingerprint density at radius 1 is 0.943 bits per heavy atom. The fourth-order valence-electron chi connectivity index (χ4n) is 8.36. The number of hydrogen-bond acceptors (Lipinski definition) is 4. The third-order valence-corrected chi connectivity index (χ3v) is 9.59. The fraction of sp³-hybridized carbons (Fsp3) is 0.690. The van der Waals surface area contributed by atoms with Gasteiger partial charge >= 0.3 is 0 Å². The lowest BCUT2D eigenvalue weighted by atomic mass is 9.53. The maximum absolute atomic E-state index is 13.0. The third kappa shape index (κ3) is 4.54. The Morgan fingerprint density at radius 2 is 1.66 bits per heavy atom. The fourth-order valence-corrected chi connectivity index (χ4v) is 8.36. The zero-order valence-corrected chi connectivity index (χ0v) is 20.8. The number of carbonyl (C=O) groups excluding carboxylic acids is 3. The minimum Gasteiger partial charge on any atom is -0.322 e. The summed E-state index contributed by atoms with van der Waals surface area (Å²) in [5, 5.41) is 6.41. The van der Waals surface area contributed by atoms with Gasteiger partial charge in [-0.15, -0.1) is 0 Å². The van der Waals surface area contributed by atoms with Crippen LogP contribution in [0.1, 0.15) is 98.5 Å². The monoisotopic (exact) mass is 477 g/mol. The van der Waals surface area contributed by atoms with Crippen LogP contribution in [0.5, 0.6) is 0 Å². The highest BCUT2D eigenvalue weighted by Crippen LogP contribution is 2.55. The van der Waals surface area contributed by atoms with Gasteiger partial charge in [0.25, 0.3) is 5.91 Å². The van der Waals surface area contributed by atoms with Gasteiger partial charge in [0.2, 0.25) is 11.8 Å². The predicted octanol–water partition coefficient (Wildman–Crippen LogP) is 4.11. The van der Waals surface area contributed by atoms with Gasteiger partial charge in [-0.2, -0.15) is 0 Å². The summed E-state index contributed by atoms with van der Waals surface area (Å²) in [7, 11) is 0. The van der Waals surface area contributed by atoms with E-state index in [1.165, 1.54) is 63.4 Å². The van der Waals surface area contributed by atoms with Crippen molar-refractivity contribution >= 4 is 17.7 Å². The average molecular weight is 478 g/mol. The molecule has 4 aliphatic carbocycles. The Kier molecular flexibility index (Phi) is 6.20. The standard InChI is InChI=1S/C29H39N3O3/c33-26-10-9-25(27(34)31-26)32-18-24-22(7-5-8-23(24)28(32)35)6-3-1-2-4-11-30-29-15-19-12-20(16-29)14-21(13-19)17-29/h5,7-8,19-21,25,30H,1-4,6,9-18H2,(H,31,33,34). The first kappa shape index (κ1) is 23.2. The van der Waals surface area contributed by atoms with E-state index < -0.39 is 6.04 Å². The van der Waals surface area contributed by atoms with Crippen molar-refractivity contribution in [3.8, 4) is 0 Å². The maximum Gasteiger partial charge on any atom is 0.255 e. The molecule has 6 heteroatoms. The highest BCUT2D eigenvalue weighted by molar-refractivity contribution is 6.05. The minimum atomic E-state index is -0.540. The molecular formula is C29H39N3O3. The summed E-state index contributed by atoms with van der Waals surface area (Å²) in [4.78, 5) is 38.5. The van der Waals surface area contributed by atoms with Crippen molar-refractivity contribution in [1.29, 1.82) is 0 Å². The lowest BCUT2D eigenvalue weighted by Crippen LogP contribution is -2.58. The smallest absolute Gasteiger partial charge is 0.255 e. The molecule has 4 saturated carbocycles. The molecule has 1 saturated heterocycles. The maximum atomic E-state index is 13.0. The van der Waals surface area contributed by atoms with Crippen LogP contribution in [-0.2, 0) is 22.6 Å². The van der Waals surface area contributed by atoms with Gasteiger partial charge in [-0.3, -0.25) is 19.7 Å². The Bertz CT molecular complexity index is 983. The summed E-state index contributed by atoms with van der Waals surface area (Å²) in [5.74, 6) is 2.33. The molecule has 35 heavy (non-hydrogen) atoms. The number of benzene rings is 1. The summed E-state index contributed by atoms with van der Waals surface area (Å²) in [6.07, 6.45) is 15.3. The van der Waals surface area contributed by atoms with Gasteiger partial charge in [0.15, 0.2) is 0 Å². The van der Waals surface area contributed by atoms with E-state index in [-0.39, 0.29) is 17.7 Å². The number of nitrogens with zero attached hydrogens (tertiary/aromatic N) is 1. The van der Waals surface area contributed by atoms with E-state index in [0.29, 0.717) is 24.9 Å². The quantitative estimate of drug-likeness (QED) is 0.414. The van der Waals surface area contributed by atoms with Gasteiger partial charge in [0.1, 0.15) is 6.04 Å². The third-order valence-electron chi connectivity index (χ3n) is 9.59. The first-order valence-corrected chi connectivity index (χ1v) is 14.0. The highest BCUT2D eigenvalue weighted by Gasteiger charge is 2.50. The van der Waals surface area contributed by atoms with Crippen LogP contribution in [0, 0.1) is 17.8 Å². The van der Waals surface area contributed by atoms with Crippen LogP contribution in [0.3, 0.4) is 0 Å². The molecule has 1 aromatic rings. The molecule has 0 radical (unpaired) electrons. The van der Waals surface area contributed by atoms with E-state index in [1.54, 1.807) is 4.90 Å². The van der Waals surface area contributed by atoms with Crippen LogP contribution in [-0.4, -0.2) is 40.7 Å². The van der Waals surface area contributed by atoms with Crippen molar-refractivity contribution in [2.24, 2.45) is 17.8 Å². The van der Waals surface area contributed by atoms with E-state index >= 15 is 0 Å². The van der Waals surface area contributed by atoms with Crippen molar-refractivity contribution in [2.75, 3.05) is 6.54 Å². The van der Waals surface area contributed by atoms with Crippen molar-refractivity contribution in [1.82, 2.24) is 15.5 Å². The molecule has 1 atom stereocenters.